The summed E-state index contributed by atoms with van der Waals surface area (Å²) in [7, 11) is 0. The van der Waals surface area contributed by atoms with Crippen LogP contribution >= 0.6 is 15.9 Å². The third kappa shape index (κ3) is 5.64. The van der Waals surface area contributed by atoms with E-state index in [-0.39, 0.29) is 5.60 Å². The molecule has 114 valence electrons. The smallest absolute Gasteiger partial charge is 0.100 e. The lowest BCUT2D eigenvalue weighted by molar-refractivity contribution is -0.0483. The molecule has 1 nitrogen and oxygen atoms in total. The molecule has 0 aliphatic heterocycles. The Hall–Kier alpha value is -1.12. The number of hydrogen-bond acceptors (Lipinski definition) is 1. The molecule has 0 fully saturated rings. The van der Waals surface area contributed by atoms with Gasteiger partial charge in [0.25, 0.3) is 0 Å². The van der Waals surface area contributed by atoms with Crippen LogP contribution in [0.2, 0.25) is 0 Å². The van der Waals surface area contributed by atoms with Crippen molar-refractivity contribution in [1.82, 2.24) is 0 Å². The van der Waals surface area contributed by atoms with Crippen LogP contribution in [0.15, 0.2) is 65.7 Å². The molecule has 0 bridgehead atoms. The van der Waals surface area contributed by atoms with Crippen molar-refractivity contribution in [2.75, 3.05) is 6.61 Å². The largest absolute Gasteiger partial charge is 0.369 e. The van der Waals surface area contributed by atoms with Crippen molar-refractivity contribution in [2.24, 2.45) is 0 Å². The fourth-order valence-electron chi connectivity index (χ4n) is 2.52. The average molecular weight is 349 g/mol. The van der Waals surface area contributed by atoms with Gasteiger partial charge in [-0.1, -0.05) is 45.3 Å². The molecule has 0 amide bonds. The van der Waals surface area contributed by atoms with E-state index in [1.165, 1.54) is 5.56 Å². The van der Waals surface area contributed by atoms with Gasteiger partial charge in [0.15, 0.2) is 0 Å². The first kappa shape index (κ1) is 17.9. The zero-order valence-electron chi connectivity index (χ0n) is 13.1. The summed E-state index contributed by atoms with van der Waals surface area (Å²) >= 11 is 3.49. The highest BCUT2D eigenvalue weighted by molar-refractivity contribution is 9.10. The van der Waals surface area contributed by atoms with E-state index in [1.54, 1.807) is 0 Å². The molecule has 0 aliphatic rings. The second kappa shape index (κ2) is 8.35. The Morgan fingerprint density at radius 2 is 1.67 bits per heavy atom. The summed E-state index contributed by atoms with van der Waals surface area (Å²) < 4.78 is 7.38. The van der Waals surface area contributed by atoms with Gasteiger partial charge in [0.05, 0.1) is 6.61 Å². The Morgan fingerprint density at radius 3 is 2.10 bits per heavy atom. The van der Waals surface area contributed by atoms with Crippen LogP contribution in [0.1, 0.15) is 38.7 Å². The van der Waals surface area contributed by atoms with Crippen LogP contribution in [-0.4, -0.2) is 6.61 Å². The molecular formula is C19H25BrO. The standard InChI is InChI=1S/C19H25BrO/c1-6-7-12-21-19(13-15(2)3,14-16(4)5)17-8-10-18(20)11-9-17/h6,8-11H,1-2,4,7,12-14H2,3,5H3. The summed E-state index contributed by atoms with van der Waals surface area (Å²) in [6.07, 6.45) is 4.30. The summed E-state index contributed by atoms with van der Waals surface area (Å²) in [5.74, 6) is 0. The van der Waals surface area contributed by atoms with Gasteiger partial charge in [-0.15, -0.1) is 19.7 Å². The summed E-state index contributed by atoms with van der Waals surface area (Å²) in [5, 5.41) is 0. The van der Waals surface area contributed by atoms with Gasteiger partial charge in [0.2, 0.25) is 0 Å². The second-order valence-electron chi connectivity index (χ2n) is 5.69. The van der Waals surface area contributed by atoms with Gasteiger partial charge in [-0.3, -0.25) is 0 Å². The molecule has 21 heavy (non-hydrogen) atoms. The van der Waals surface area contributed by atoms with Gasteiger partial charge in [0.1, 0.15) is 5.60 Å². The van der Waals surface area contributed by atoms with Crippen LogP contribution in [0.3, 0.4) is 0 Å². The van der Waals surface area contributed by atoms with Gasteiger partial charge in [-0.2, -0.15) is 0 Å². The van der Waals surface area contributed by atoms with Gasteiger partial charge in [0, 0.05) is 17.3 Å². The van der Waals surface area contributed by atoms with Crippen LogP contribution in [0, 0.1) is 0 Å². The van der Waals surface area contributed by atoms with E-state index in [0.717, 1.165) is 34.9 Å². The minimum Gasteiger partial charge on any atom is -0.369 e. The van der Waals surface area contributed by atoms with E-state index in [1.807, 2.05) is 19.9 Å². The number of benzene rings is 1. The van der Waals surface area contributed by atoms with E-state index in [4.69, 9.17) is 4.74 Å². The number of ether oxygens (including phenoxy) is 1. The zero-order chi connectivity index (χ0) is 15.9. The van der Waals surface area contributed by atoms with Crippen molar-refractivity contribution < 1.29 is 4.74 Å². The monoisotopic (exact) mass is 348 g/mol. The van der Waals surface area contributed by atoms with Crippen molar-refractivity contribution in [3.63, 3.8) is 0 Å². The van der Waals surface area contributed by atoms with E-state index in [2.05, 4.69) is 59.9 Å². The van der Waals surface area contributed by atoms with E-state index in [9.17, 15) is 0 Å². The quantitative estimate of drug-likeness (QED) is 0.383. The molecule has 0 atom stereocenters. The van der Waals surface area contributed by atoms with Crippen molar-refractivity contribution in [3.05, 3.63) is 71.3 Å². The normalized spacial score (nSPS) is 11.2. The Balaban J connectivity index is 3.19. The van der Waals surface area contributed by atoms with Crippen molar-refractivity contribution in [3.8, 4) is 0 Å². The molecule has 0 saturated heterocycles. The first-order valence-electron chi connectivity index (χ1n) is 7.19. The topological polar surface area (TPSA) is 9.23 Å². The average Bonchev–Trinajstić information content (AvgIpc) is 2.38. The maximum atomic E-state index is 6.31. The summed E-state index contributed by atoms with van der Waals surface area (Å²) in [6, 6.07) is 8.34. The minimum atomic E-state index is -0.388. The fourth-order valence-corrected chi connectivity index (χ4v) is 2.78. The third-order valence-corrected chi connectivity index (χ3v) is 3.77. The summed E-state index contributed by atoms with van der Waals surface area (Å²) in [5.41, 5.74) is 3.00. The Bertz CT molecular complexity index is 483. The lowest BCUT2D eigenvalue weighted by Gasteiger charge is -2.35. The summed E-state index contributed by atoms with van der Waals surface area (Å²) in [4.78, 5) is 0. The Labute approximate surface area is 137 Å². The SMILES string of the molecule is C=CCCOC(CC(=C)C)(CC(=C)C)c1ccc(Br)cc1. The fraction of sp³-hybridized carbons (Fsp3) is 0.368. The molecule has 0 radical (unpaired) electrons. The first-order chi connectivity index (χ1) is 9.89. The highest BCUT2D eigenvalue weighted by Crippen LogP contribution is 2.38. The molecule has 0 spiro atoms. The van der Waals surface area contributed by atoms with Crippen LogP contribution in [-0.2, 0) is 10.3 Å². The van der Waals surface area contributed by atoms with Crippen molar-refractivity contribution in [2.45, 2.75) is 38.7 Å². The maximum absolute atomic E-state index is 6.31. The van der Waals surface area contributed by atoms with E-state index in [0.29, 0.717) is 6.61 Å². The van der Waals surface area contributed by atoms with Gasteiger partial charge >= 0.3 is 0 Å². The second-order valence-corrected chi connectivity index (χ2v) is 6.61. The molecule has 1 rings (SSSR count). The molecule has 1 aromatic rings. The number of rotatable bonds is 9. The predicted molar refractivity (Wildman–Crippen MR) is 95.4 cm³/mol. The highest BCUT2D eigenvalue weighted by Gasteiger charge is 2.33. The van der Waals surface area contributed by atoms with Crippen LogP contribution in [0.25, 0.3) is 0 Å². The molecule has 0 unspecified atom stereocenters. The molecule has 0 aromatic heterocycles. The third-order valence-electron chi connectivity index (χ3n) is 3.25. The highest BCUT2D eigenvalue weighted by atomic mass is 79.9. The molecule has 0 N–H and O–H groups in total. The first-order valence-corrected chi connectivity index (χ1v) is 7.98. The molecule has 0 heterocycles. The molecule has 1 aromatic carbocycles. The molecule has 0 saturated carbocycles. The molecule has 2 heteroatoms. The van der Waals surface area contributed by atoms with Crippen LogP contribution in [0.5, 0.6) is 0 Å². The number of halogens is 1. The number of hydrogen-bond donors (Lipinski definition) is 0. The Morgan fingerprint density at radius 1 is 1.14 bits per heavy atom. The molecule has 0 aliphatic carbocycles. The van der Waals surface area contributed by atoms with Gasteiger partial charge in [-0.25, -0.2) is 0 Å². The van der Waals surface area contributed by atoms with Gasteiger partial charge in [-0.05, 0) is 38.0 Å². The van der Waals surface area contributed by atoms with Crippen LogP contribution < -0.4 is 0 Å². The van der Waals surface area contributed by atoms with Gasteiger partial charge < -0.3 is 4.74 Å². The lowest BCUT2D eigenvalue weighted by atomic mass is 9.82. The van der Waals surface area contributed by atoms with Crippen molar-refractivity contribution in [1.29, 1.82) is 0 Å². The van der Waals surface area contributed by atoms with E-state index < -0.39 is 0 Å². The summed E-state index contributed by atoms with van der Waals surface area (Å²) in [6.45, 7) is 16.7. The van der Waals surface area contributed by atoms with Crippen molar-refractivity contribution >= 4 is 15.9 Å². The zero-order valence-corrected chi connectivity index (χ0v) is 14.7. The van der Waals surface area contributed by atoms with Crippen LogP contribution in [0.4, 0.5) is 0 Å². The predicted octanol–water partition coefficient (Wildman–Crippen LogP) is 6.17. The lowest BCUT2D eigenvalue weighted by Crippen LogP contribution is -2.31. The maximum Gasteiger partial charge on any atom is 0.100 e. The molecular weight excluding hydrogens is 324 g/mol. The minimum absolute atomic E-state index is 0.388. The van der Waals surface area contributed by atoms with E-state index >= 15 is 0 Å². The Kier molecular flexibility index (Phi) is 7.13.